The first kappa shape index (κ1) is 24.4. The number of para-hydroxylation sites is 1. The van der Waals surface area contributed by atoms with E-state index in [9.17, 15) is 9.90 Å². The number of amides is 1. The van der Waals surface area contributed by atoms with E-state index in [1.807, 2.05) is 78.6 Å². The minimum atomic E-state index is -0.486. The highest BCUT2D eigenvalue weighted by atomic mass is 35.5. The number of fused-ring (bicyclic) bond motifs is 1. The number of hydrogen-bond acceptors (Lipinski definition) is 6. The predicted molar refractivity (Wildman–Crippen MR) is 145 cm³/mol. The van der Waals surface area contributed by atoms with E-state index in [1.165, 1.54) is 0 Å². The molecule has 1 amide bonds. The largest absolute Gasteiger partial charge is 0.508 e. The molecule has 0 bridgehead atoms. The molecule has 0 saturated carbocycles. The third kappa shape index (κ3) is 4.49. The number of aromatic hydroxyl groups is 1. The molecule has 38 heavy (non-hydrogen) atoms. The number of phenols is 1. The van der Waals surface area contributed by atoms with Crippen LogP contribution in [-0.2, 0) is 11.3 Å². The van der Waals surface area contributed by atoms with Crippen molar-refractivity contribution in [2.75, 3.05) is 0 Å². The zero-order valence-corrected chi connectivity index (χ0v) is 21.5. The highest BCUT2D eigenvalue weighted by Gasteiger charge is 2.56. The molecule has 4 aromatic rings. The van der Waals surface area contributed by atoms with Gasteiger partial charge in [0.2, 0.25) is 5.91 Å². The average Bonchev–Trinajstić information content (AvgIpc) is 3.46. The Morgan fingerprint density at radius 1 is 0.974 bits per heavy atom. The minimum Gasteiger partial charge on any atom is -0.508 e. The molecule has 4 atom stereocenters. The number of aromatic nitrogens is 1. The Kier molecular flexibility index (Phi) is 6.49. The number of pyridine rings is 1. The first-order chi connectivity index (χ1) is 18.5. The molecule has 3 N–H and O–H groups in total. The lowest BCUT2D eigenvalue weighted by Crippen LogP contribution is -2.41. The van der Waals surface area contributed by atoms with Gasteiger partial charge in [-0.2, -0.15) is 0 Å². The van der Waals surface area contributed by atoms with Crippen molar-refractivity contribution in [3.05, 3.63) is 119 Å². The van der Waals surface area contributed by atoms with E-state index in [-0.39, 0.29) is 29.7 Å². The highest BCUT2D eigenvalue weighted by molar-refractivity contribution is 6.31. The van der Waals surface area contributed by atoms with E-state index < -0.39 is 6.04 Å². The number of carbonyl (C=O) groups is 1. The molecule has 0 spiro atoms. The van der Waals surface area contributed by atoms with E-state index in [0.29, 0.717) is 22.9 Å². The number of hydrazine groups is 1. The third-order valence-corrected chi connectivity index (χ3v) is 7.72. The van der Waals surface area contributed by atoms with Gasteiger partial charge in [-0.25, -0.2) is 10.9 Å². The van der Waals surface area contributed by atoms with Gasteiger partial charge < -0.3 is 14.7 Å². The number of benzene rings is 3. The van der Waals surface area contributed by atoms with Gasteiger partial charge in [0, 0.05) is 35.4 Å². The number of carbonyl (C=O) groups excluding carboxylic acids is 1. The Hall–Kier alpha value is -3.91. The number of halogens is 1. The van der Waals surface area contributed by atoms with Gasteiger partial charge in [0.1, 0.15) is 23.3 Å². The summed E-state index contributed by atoms with van der Waals surface area (Å²) in [7, 11) is 0. The molecule has 4 unspecified atom stereocenters. The van der Waals surface area contributed by atoms with Crippen LogP contribution < -0.4 is 15.6 Å². The van der Waals surface area contributed by atoms with E-state index in [4.69, 9.17) is 16.3 Å². The van der Waals surface area contributed by atoms with Crippen LogP contribution in [0.5, 0.6) is 17.2 Å². The summed E-state index contributed by atoms with van der Waals surface area (Å²) in [5, 5.41) is 11.4. The maximum absolute atomic E-state index is 13.8. The number of aryl methyl sites for hydroxylation is 1. The molecule has 3 aromatic carbocycles. The quantitative estimate of drug-likeness (QED) is 0.309. The van der Waals surface area contributed by atoms with Crippen molar-refractivity contribution in [3.8, 4) is 17.2 Å². The fraction of sp³-hybridized carbons (Fsp3) is 0.200. The highest BCUT2D eigenvalue weighted by Crippen LogP contribution is 2.50. The summed E-state index contributed by atoms with van der Waals surface area (Å²) in [6.45, 7) is 2.26. The zero-order chi connectivity index (χ0) is 26.2. The summed E-state index contributed by atoms with van der Waals surface area (Å²) < 4.78 is 6.13. The summed E-state index contributed by atoms with van der Waals surface area (Å²) in [4.78, 5) is 19.9. The van der Waals surface area contributed by atoms with Crippen molar-refractivity contribution in [1.29, 1.82) is 0 Å². The van der Waals surface area contributed by atoms with Crippen LogP contribution in [0.15, 0.2) is 91.3 Å². The second-order valence-corrected chi connectivity index (χ2v) is 10.1. The lowest BCUT2D eigenvalue weighted by molar-refractivity contribution is -0.131. The Balaban J connectivity index is 1.42. The van der Waals surface area contributed by atoms with Gasteiger partial charge in [-0.1, -0.05) is 48.0 Å². The second kappa shape index (κ2) is 10.1. The number of rotatable bonds is 6. The molecule has 0 aliphatic carbocycles. The molecule has 192 valence electrons. The van der Waals surface area contributed by atoms with E-state index in [2.05, 4.69) is 15.8 Å². The van der Waals surface area contributed by atoms with E-state index in [0.717, 1.165) is 22.4 Å². The van der Waals surface area contributed by atoms with Crippen LogP contribution in [0, 0.1) is 12.8 Å². The van der Waals surface area contributed by atoms with Crippen molar-refractivity contribution < 1.29 is 14.6 Å². The number of nitrogens with zero attached hydrogens (tertiary/aromatic N) is 2. The van der Waals surface area contributed by atoms with Crippen molar-refractivity contribution in [2.45, 2.75) is 31.6 Å². The van der Waals surface area contributed by atoms with Gasteiger partial charge in [0.25, 0.3) is 0 Å². The van der Waals surface area contributed by atoms with Crippen molar-refractivity contribution in [2.24, 2.45) is 5.92 Å². The number of hydrogen-bond donors (Lipinski definition) is 3. The van der Waals surface area contributed by atoms with E-state index >= 15 is 0 Å². The summed E-state index contributed by atoms with van der Waals surface area (Å²) in [5.41, 5.74) is 9.80. The Labute approximate surface area is 226 Å². The topological polar surface area (TPSA) is 86.7 Å². The number of ether oxygens (including phenoxy) is 1. The van der Waals surface area contributed by atoms with Crippen LogP contribution in [0.4, 0.5) is 0 Å². The minimum absolute atomic E-state index is 0.0223. The molecule has 0 radical (unpaired) electrons. The van der Waals surface area contributed by atoms with Gasteiger partial charge in [-0.05, 0) is 66.1 Å². The maximum Gasteiger partial charge on any atom is 0.242 e. The molecule has 6 rings (SSSR count). The Morgan fingerprint density at radius 2 is 1.76 bits per heavy atom. The molecule has 3 heterocycles. The monoisotopic (exact) mass is 526 g/mol. The third-order valence-electron chi connectivity index (χ3n) is 7.31. The summed E-state index contributed by atoms with van der Waals surface area (Å²) in [6, 6.07) is 23.6. The molecule has 2 saturated heterocycles. The second-order valence-electron chi connectivity index (χ2n) is 9.74. The van der Waals surface area contributed by atoms with Crippen molar-refractivity contribution >= 4 is 17.5 Å². The van der Waals surface area contributed by atoms with Gasteiger partial charge in [-0.15, -0.1) is 0 Å². The fourth-order valence-corrected chi connectivity index (χ4v) is 5.72. The van der Waals surface area contributed by atoms with Crippen LogP contribution in [0.3, 0.4) is 0 Å². The molecule has 2 aliphatic heterocycles. The molecule has 1 aromatic heterocycles. The Bertz CT molecular complexity index is 1470. The van der Waals surface area contributed by atoms with Crippen molar-refractivity contribution in [3.63, 3.8) is 0 Å². The molecule has 2 aliphatic rings. The lowest BCUT2D eigenvalue weighted by Gasteiger charge is -2.32. The first-order valence-electron chi connectivity index (χ1n) is 12.5. The number of nitrogens with one attached hydrogen (secondary N) is 2. The molecule has 7 nitrogen and oxygen atoms in total. The molecular formula is C30H27ClN4O3. The van der Waals surface area contributed by atoms with E-state index in [1.54, 1.807) is 24.5 Å². The normalized spacial score (nSPS) is 22.5. The van der Waals surface area contributed by atoms with Crippen LogP contribution in [-0.4, -0.2) is 26.9 Å². The van der Waals surface area contributed by atoms with Gasteiger partial charge in [0.05, 0.1) is 12.1 Å². The van der Waals surface area contributed by atoms with Gasteiger partial charge in [-0.3, -0.25) is 9.78 Å². The van der Waals surface area contributed by atoms with Gasteiger partial charge >= 0.3 is 0 Å². The maximum atomic E-state index is 13.8. The zero-order valence-electron chi connectivity index (χ0n) is 20.7. The molecular weight excluding hydrogens is 500 g/mol. The molecule has 8 heteroatoms. The standard InChI is InChI=1S/C30H27ClN4O3/c1-18-13-25(36)23(15-24(18)31)27-26-28(34-33-27)30(37)35(17-19-7-6-12-32-16-19)29(26)20-8-5-11-22(14-20)38-21-9-3-2-4-10-21/h2-16,26-29,33-34,36H,17H2,1H3. The fourth-order valence-electron chi connectivity index (χ4n) is 5.55. The average molecular weight is 527 g/mol. The predicted octanol–water partition coefficient (Wildman–Crippen LogP) is 5.46. The van der Waals surface area contributed by atoms with Crippen molar-refractivity contribution in [1.82, 2.24) is 20.7 Å². The summed E-state index contributed by atoms with van der Waals surface area (Å²) in [6.07, 6.45) is 3.50. The lowest BCUT2D eigenvalue weighted by atomic mass is 9.83. The summed E-state index contributed by atoms with van der Waals surface area (Å²) >= 11 is 6.46. The smallest absolute Gasteiger partial charge is 0.242 e. The first-order valence-corrected chi connectivity index (χ1v) is 12.9. The van der Waals surface area contributed by atoms with Crippen LogP contribution in [0.2, 0.25) is 5.02 Å². The van der Waals surface area contributed by atoms with Gasteiger partial charge in [0.15, 0.2) is 0 Å². The Morgan fingerprint density at radius 3 is 2.55 bits per heavy atom. The molecule has 2 fully saturated rings. The van der Waals surface area contributed by atoms with Crippen LogP contribution in [0.25, 0.3) is 0 Å². The number of likely N-dealkylation sites (tertiary alicyclic amines) is 1. The van der Waals surface area contributed by atoms with Crippen LogP contribution in [0.1, 0.15) is 34.3 Å². The van der Waals surface area contributed by atoms with Crippen LogP contribution >= 0.6 is 11.6 Å². The summed E-state index contributed by atoms with van der Waals surface area (Å²) in [5.74, 6) is 1.31. The SMILES string of the molecule is Cc1cc(O)c(C2NNC3C(=O)N(Cc4cccnc4)C(c4cccc(Oc5ccccc5)c4)C32)cc1Cl. The number of phenolic OH excluding ortho intramolecular Hbond substituents is 1.